The molecule has 2 aliphatic rings. The van der Waals surface area contributed by atoms with Crippen LogP contribution in [0.15, 0.2) is 41.8 Å². The molecule has 43 heavy (non-hydrogen) atoms. The van der Waals surface area contributed by atoms with Crippen molar-refractivity contribution in [3.05, 3.63) is 53.2 Å². The van der Waals surface area contributed by atoms with Crippen LogP contribution in [0.25, 0.3) is 10.7 Å². The minimum atomic E-state index is -5.08. The lowest BCUT2D eigenvalue weighted by molar-refractivity contribution is -0.193. The molecule has 3 aromatic rings. The van der Waals surface area contributed by atoms with E-state index in [2.05, 4.69) is 61.3 Å². The molecule has 2 N–H and O–H groups in total. The number of hydrogen-bond donors (Lipinski definition) is 2. The summed E-state index contributed by atoms with van der Waals surface area (Å²) in [4.78, 5) is 24.0. The van der Waals surface area contributed by atoms with E-state index >= 15 is 0 Å². The number of carboxylic acid groups (broad SMARTS) is 2. The number of aliphatic carboxylic acids is 2. The molecule has 2 aromatic heterocycles. The second-order valence-electron chi connectivity index (χ2n) is 9.88. The number of carbonyl (C=O) groups is 2. The van der Waals surface area contributed by atoms with Gasteiger partial charge in [0.1, 0.15) is 11.6 Å². The van der Waals surface area contributed by atoms with Crippen LogP contribution >= 0.6 is 11.3 Å². The lowest BCUT2D eigenvalue weighted by Gasteiger charge is -2.48. The zero-order valence-corrected chi connectivity index (χ0v) is 23.8. The third-order valence-electron chi connectivity index (χ3n) is 6.76. The van der Waals surface area contributed by atoms with Gasteiger partial charge in [-0.2, -0.15) is 26.3 Å². The number of piperidine rings is 1. The number of benzene rings is 1. The number of hydrogen-bond acceptors (Lipinski definition) is 8. The third kappa shape index (κ3) is 8.90. The Bertz CT molecular complexity index is 1330. The summed E-state index contributed by atoms with van der Waals surface area (Å²) >= 11 is 1.75. The summed E-state index contributed by atoms with van der Waals surface area (Å²) in [5, 5.41) is 25.5. The average molecular weight is 638 g/mol. The minimum absolute atomic E-state index is 0.0849. The Hall–Kier alpha value is -3.70. The molecule has 0 saturated carbocycles. The fourth-order valence-corrected chi connectivity index (χ4v) is 5.55. The summed E-state index contributed by atoms with van der Waals surface area (Å²) < 4.78 is 71.2. The zero-order valence-electron chi connectivity index (χ0n) is 23.0. The lowest BCUT2D eigenvalue weighted by atomic mass is 9.84. The SMILES string of the molecule is COc1ccc(CN2CCC3(CC2)CN(C)Cc2nnc(-c4cccs4)n23)cc1.O=C(O)C(F)(F)F.O=C(O)C(F)(F)F. The second kappa shape index (κ2) is 13.7. The first-order valence-corrected chi connectivity index (χ1v) is 13.6. The number of methoxy groups -OCH3 is 1. The van der Waals surface area contributed by atoms with Crippen molar-refractivity contribution >= 4 is 23.3 Å². The van der Waals surface area contributed by atoms with Crippen LogP contribution in [0.4, 0.5) is 26.3 Å². The van der Waals surface area contributed by atoms with E-state index in [4.69, 9.17) is 24.5 Å². The molecule has 1 aromatic carbocycles. The van der Waals surface area contributed by atoms with E-state index in [1.807, 2.05) is 12.1 Å². The quantitative estimate of drug-likeness (QED) is 0.392. The van der Waals surface area contributed by atoms with Crippen LogP contribution in [-0.2, 0) is 28.2 Å². The molecule has 0 radical (unpaired) electrons. The molecular formula is C26H29F6N5O5S. The molecule has 5 rings (SSSR count). The van der Waals surface area contributed by atoms with Crippen molar-refractivity contribution in [3.63, 3.8) is 0 Å². The van der Waals surface area contributed by atoms with Gasteiger partial charge >= 0.3 is 24.3 Å². The van der Waals surface area contributed by atoms with Crippen molar-refractivity contribution in [2.75, 3.05) is 33.8 Å². The maximum atomic E-state index is 10.6. The highest BCUT2D eigenvalue weighted by atomic mass is 32.1. The molecule has 0 aliphatic carbocycles. The molecule has 1 fully saturated rings. The number of likely N-dealkylation sites (tertiary alicyclic amines) is 1. The number of fused-ring (bicyclic) bond motifs is 2. The third-order valence-corrected chi connectivity index (χ3v) is 7.62. The Morgan fingerprint density at radius 1 is 0.977 bits per heavy atom. The average Bonchev–Trinajstić information content (AvgIpc) is 3.61. The Morgan fingerprint density at radius 3 is 2.00 bits per heavy atom. The first kappa shape index (κ1) is 33.8. The van der Waals surface area contributed by atoms with Gasteiger partial charge in [-0.3, -0.25) is 9.80 Å². The predicted octanol–water partition coefficient (Wildman–Crippen LogP) is 4.72. The van der Waals surface area contributed by atoms with E-state index in [1.54, 1.807) is 18.4 Å². The first-order chi connectivity index (χ1) is 20.1. The lowest BCUT2D eigenvalue weighted by Crippen LogP contribution is -2.55. The van der Waals surface area contributed by atoms with Crippen molar-refractivity contribution in [1.29, 1.82) is 0 Å². The van der Waals surface area contributed by atoms with Crippen LogP contribution < -0.4 is 4.74 Å². The van der Waals surface area contributed by atoms with Crippen LogP contribution in [-0.4, -0.2) is 92.9 Å². The second-order valence-corrected chi connectivity index (χ2v) is 10.8. The monoisotopic (exact) mass is 637 g/mol. The van der Waals surface area contributed by atoms with Crippen LogP contribution in [0.3, 0.4) is 0 Å². The number of ether oxygens (including phenoxy) is 1. The van der Waals surface area contributed by atoms with Crippen LogP contribution in [0.2, 0.25) is 0 Å². The highest BCUT2D eigenvalue weighted by Crippen LogP contribution is 2.40. The van der Waals surface area contributed by atoms with E-state index < -0.39 is 24.3 Å². The number of aromatic nitrogens is 3. The maximum Gasteiger partial charge on any atom is 0.490 e. The molecule has 0 unspecified atom stereocenters. The van der Waals surface area contributed by atoms with Crippen molar-refractivity contribution in [2.24, 2.45) is 0 Å². The van der Waals surface area contributed by atoms with Crippen molar-refractivity contribution in [1.82, 2.24) is 24.6 Å². The number of rotatable bonds is 4. The van der Waals surface area contributed by atoms with Gasteiger partial charge < -0.3 is 19.5 Å². The molecular weight excluding hydrogens is 608 g/mol. The summed E-state index contributed by atoms with van der Waals surface area (Å²) in [5.41, 5.74) is 1.42. The van der Waals surface area contributed by atoms with Crippen LogP contribution in [0.5, 0.6) is 5.75 Å². The molecule has 236 valence electrons. The predicted molar refractivity (Wildman–Crippen MR) is 143 cm³/mol. The standard InChI is InChI=1S/C22H27N5OS.2C2HF3O2/c1-25-15-20-23-24-21(19-4-3-13-29-19)27(20)22(16-25)9-11-26(12-10-22)14-17-5-7-18(28-2)8-6-17;2*3-2(4,5)1(6)7/h3-8,13H,9-12,14-16H2,1-2H3;2*(H,6,7). The Balaban J connectivity index is 0.000000303. The van der Waals surface area contributed by atoms with Gasteiger partial charge in [0.05, 0.1) is 24.1 Å². The number of nitrogens with zero attached hydrogens (tertiary/aromatic N) is 5. The van der Waals surface area contributed by atoms with Crippen molar-refractivity contribution < 1.29 is 50.9 Å². The fourth-order valence-electron chi connectivity index (χ4n) is 4.85. The number of halogens is 6. The van der Waals surface area contributed by atoms with Gasteiger partial charge in [0, 0.05) is 26.2 Å². The normalized spacial score (nSPS) is 16.7. The Morgan fingerprint density at radius 2 is 1.53 bits per heavy atom. The van der Waals surface area contributed by atoms with Gasteiger partial charge in [-0.25, -0.2) is 9.59 Å². The maximum absolute atomic E-state index is 10.6. The molecule has 0 bridgehead atoms. The summed E-state index contributed by atoms with van der Waals surface area (Å²) in [5.74, 6) is -2.45. The molecule has 0 amide bonds. The molecule has 2 aliphatic heterocycles. The number of alkyl halides is 6. The van der Waals surface area contributed by atoms with E-state index in [1.165, 1.54) is 10.4 Å². The Labute approximate surface area is 246 Å². The smallest absolute Gasteiger partial charge is 0.490 e. The topological polar surface area (TPSA) is 121 Å². The van der Waals surface area contributed by atoms with Gasteiger partial charge in [-0.15, -0.1) is 21.5 Å². The molecule has 4 heterocycles. The van der Waals surface area contributed by atoms with Crippen LogP contribution in [0, 0.1) is 0 Å². The van der Waals surface area contributed by atoms with Gasteiger partial charge in [-0.05, 0) is 49.0 Å². The fraction of sp³-hybridized carbons (Fsp3) is 0.462. The van der Waals surface area contributed by atoms with Gasteiger partial charge in [0.25, 0.3) is 0 Å². The molecule has 1 spiro atoms. The van der Waals surface area contributed by atoms with E-state index in [-0.39, 0.29) is 5.54 Å². The summed E-state index contributed by atoms with van der Waals surface area (Å²) in [6, 6.07) is 12.7. The van der Waals surface area contributed by atoms with E-state index in [0.717, 1.165) is 63.0 Å². The largest absolute Gasteiger partial charge is 0.497 e. The number of likely N-dealkylation sites (N-methyl/N-ethyl adjacent to an activating group) is 1. The summed E-state index contributed by atoms with van der Waals surface area (Å²) in [7, 11) is 3.92. The summed E-state index contributed by atoms with van der Waals surface area (Å²) in [6.45, 7) is 5.09. The minimum Gasteiger partial charge on any atom is -0.497 e. The highest BCUT2D eigenvalue weighted by Gasteiger charge is 2.43. The molecule has 10 nitrogen and oxygen atoms in total. The number of thiophene rings is 1. The Kier molecular flexibility index (Phi) is 10.8. The summed E-state index contributed by atoms with van der Waals surface area (Å²) in [6.07, 6.45) is -7.92. The molecule has 0 atom stereocenters. The van der Waals surface area contributed by atoms with Crippen LogP contribution in [0.1, 0.15) is 24.2 Å². The molecule has 17 heteroatoms. The molecule has 1 saturated heterocycles. The first-order valence-electron chi connectivity index (χ1n) is 12.7. The zero-order chi connectivity index (χ0) is 32.0. The van der Waals surface area contributed by atoms with E-state index in [9.17, 15) is 26.3 Å². The van der Waals surface area contributed by atoms with Crippen molar-refractivity contribution in [3.8, 4) is 16.5 Å². The number of carboxylic acids is 2. The van der Waals surface area contributed by atoms with Gasteiger partial charge in [0.15, 0.2) is 5.82 Å². The highest BCUT2D eigenvalue weighted by molar-refractivity contribution is 7.13. The van der Waals surface area contributed by atoms with E-state index in [0.29, 0.717) is 0 Å². The van der Waals surface area contributed by atoms with Gasteiger partial charge in [-0.1, -0.05) is 18.2 Å². The van der Waals surface area contributed by atoms with Gasteiger partial charge in [0.2, 0.25) is 0 Å². The van der Waals surface area contributed by atoms with Crippen molar-refractivity contribution in [2.45, 2.75) is 43.8 Å².